The zero-order valence-corrected chi connectivity index (χ0v) is 6.92. The van der Waals surface area contributed by atoms with Gasteiger partial charge in [-0.2, -0.15) is 8.78 Å². The number of carboxylic acid groups (broad SMARTS) is 1. The molecule has 0 aromatic rings. The fourth-order valence-corrected chi connectivity index (χ4v) is 0.947. The van der Waals surface area contributed by atoms with E-state index >= 15 is 0 Å². The van der Waals surface area contributed by atoms with Crippen molar-refractivity contribution in [2.24, 2.45) is 5.92 Å². The van der Waals surface area contributed by atoms with Crippen LogP contribution in [-0.2, 0) is 9.53 Å². The number of carbonyl (C=O) groups excluding carboxylic acids is 1. The van der Waals surface area contributed by atoms with Gasteiger partial charge in [0.05, 0.1) is 6.10 Å². The van der Waals surface area contributed by atoms with Crippen molar-refractivity contribution in [3.8, 4) is 0 Å². The standard InChI is InChI=1S/C7H12F2O3/c1-3-5(6(10)11)4(2)12-7(8)9/h4-5,7H,3H2,1-2H3,(H,10,11)/p-1. The van der Waals surface area contributed by atoms with Crippen LogP contribution in [0.1, 0.15) is 20.3 Å². The highest BCUT2D eigenvalue weighted by Crippen LogP contribution is 2.13. The molecule has 3 nitrogen and oxygen atoms in total. The van der Waals surface area contributed by atoms with Crippen molar-refractivity contribution in [1.82, 2.24) is 0 Å². The molecule has 2 atom stereocenters. The Balaban J connectivity index is 4.02. The predicted molar refractivity (Wildman–Crippen MR) is 35.3 cm³/mol. The second kappa shape index (κ2) is 5.03. The van der Waals surface area contributed by atoms with Crippen LogP contribution in [0.25, 0.3) is 0 Å². The van der Waals surface area contributed by atoms with Gasteiger partial charge in [0.25, 0.3) is 0 Å². The minimum absolute atomic E-state index is 0.218. The van der Waals surface area contributed by atoms with E-state index in [9.17, 15) is 18.7 Å². The SMILES string of the molecule is CCC(C(=O)[O-])C(C)OC(F)F. The molecule has 0 aliphatic carbocycles. The summed E-state index contributed by atoms with van der Waals surface area (Å²) in [4.78, 5) is 10.3. The van der Waals surface area contributed by atoms with Crippen LogP contribution in [-0.4, -0.2) is 18.7 Å². The van der Waals surface area contributed by atoms with E-state index in [1.165, 1.54) is 6.92 Å². The molecule has 0 amide bonds. The topological polar surface area (TPSA) is 49.4 Å². The molecular formula is C7H11F2O3-. The summed E-state index contributed by atoms with van der Waals surface area (Å²) in [6, 6.07) is 0. The molecule has 12 heavy (non-hydrogen) atoms. The zero-order valence-electron chi connectivity index (χ0n) is 6.92. The minimum atomic E-state index is -2.94. The Hall–Kier alpha value is -0.710. The summed E-state index contributed by atoms with van der Waals surface area (Å²) in [6.07, 6.45) is -0.795. The van der Waals surface area contributed by atoms with Gasteiger partial charge < -0.3 is 14.6 Å². The third-order valence-corrected chi connectivity index (χ3v) is 1.63. The van der Waals surface area contributed by atoms with Crippen LogP contribution in [0.5, 0.6) is 0 Å². The van der Waals surface area contributed by atoms with E-state index in [2.05, 4.69) is 4.74 Å². The first kappa shape index (κ1) is 11.3. The third kappa shape index (κ3) is 3.61. The maximum Gasteiger partial charge on any atom is 0.345 e. The molecule has 0 saturated heterocycles. The second-order valence-corrected chi connectivity index (χ2v) is 2.44. The number of alkyl halides is 2. The maximum atomic E-state index is 11.6. The minimum Gasteiger partial charge on any atom is -0.550 e. The molecule has 0 fully saturated rings. The lowest BCUT2D eigenvalue weighted by atomic mass is 10.0. The van der Waals surface area contributed by atoms with Crippen LogP contribution in [0, 0.1) is 5.92 Å². The monoisotopic (exact) mass is 181 g/mol. The molecule has 0 spiro atoms. The molecule has 0 aromatic carbocycles. The van der Waals surface area contributed by atoms with Gasteiger partial charge in [0.2, 0.25) is 0 Å². The smallest absolute Gasteiger partial charge is 0.345 e. The zero-order chi connectivity index (χ0) is 9.72. The Labute approximate surface area is 69.3 Å². The van der Waals surface area contributed by atoms with Gasteiger partial charge in [0, 0.05) is 11.9 Å². The molecule has 0 radical (unpaired) electrons. The fraction of sp³-hybridized carbons (Fsp3) is 0.857. The van der Waals surface area contributed by atoms with Gasteiger partial charge in [-0.15, -0.1) is 0 Å². The summed E-state index contributed by atoms with van der Waals surface area (Å²) in [5, 5.41) is 10.3. The molecule has 5 heteroatoms. The van der Waals surface area contributed by atoms with Crippen molar-refractivity contribution in [3.63, 3.8) is 0 Å². The summed E-state index contributed by atoms with van der Waals surface area (Å²) in [7, 11) is 0. The number of carbonyl (C=O) groups is 1. The van der Waals surface area contributed by atoms with Crippen LogP contribution in [0.3, 0.4) is 0 Å². The first-order chi connectivity index (χ1) is 5.49. The first-order valence-corrected chi connectivity index (χ1v) is 3.63. The average Bonchev–Trinajstić information content (AvgIpc) is 1.85. The highest BCUT2D eigenvalue weighted by Gasteiger charge is 2.20. The number of rotatable bonds is 5. The lowest BCUT2D eigenvalue weighted by Gasteiger charge is -2.23. The molecule has 72 valence electrons. The maximum absolute atomic E-state index is 11.6. The second-order valence-electron chi connectivity index (χ2n) is 2.44. The lowest BCUT2D eigenvalue weighted by molar-refractivity contribution is -0.316. The van der Waals surface area contributed by atoms with Crippen LogP contribution < -0.4 is 5.11 Å². The summed E-state index contributed by atoms with van der Waals surface area (Å²) in [6.45, 7) is -0.0736. The third-order valence-electron chi connectivity index (χ3n) is 1.63. The molecular weight excluding hydrogens is 170 g/mol. The molecule has 0 aliphatic heterocycles. The highest BCUT2D eigenvalue weighted by molar-refractivity contribution is 5.68. The van der Waals surface area contributed by atoms with Crippen molar-refractivity contribution in [2.75, 3.05) is 0 Å². The van der Waals surface area contributed by atoms with E-state index in [0.717, 1.165) is 0 Å². The van der Waals surface area contributed by atoms with Crippen molar-refractivity contribution in [1.29, 1.82) is 0 Å². The van der Waals surface area contributed by atoms with Gasteiger partial charge in [0.15, 0.2) is 0 Å². The van der Waals surface area contributed by atoms with E-state index in [0.29, 0.717) is 0 Å². The van der Waals surface area contributed by atoms with Gasteiger partial charge in [-0.25, -0.2) is 0 Å². The van der Waals surface area contributed by atoms with Crippen LogP contribution in [0.15, 0.2) is 0 Å². The number of carboxylic acids is 1. The summed E-state index contributed by atoms with van der Waals surface area (Å²) in [5.41, 5.74) is 0. The Kier molecular flexibility index (Phi) is 4.73. The van der Waals surface area contributed by atoms with Crippen LogP contribution in [0.2, 0.25) is 0 Å². The first-order valence-electron chi connectivity index (χ1n) is 3.63. The van der Waals surface area contributed by atoms with E-state index in [-0.39, 0.29) is 6.42 Å². The van der Waals surface area contributed by atoms with Crippen molar-refractivity contribution in [2.45, 2.75) is 33.0 Å². The summed E-state index contributed by atoms with van der Waals surface area (Å²) in [5.74, 6) is -2.33. The van der Waals surface area contributed by atoms with E-state index in [1.807, 2.05) is 0 Å². The van der Waals surface area contributed by atoms with Crippen LogP contribution >= 0.6 is 0 Å². The molecule has 2 unspecified atom stereocenters. The normalized spacial score (nSPS) is 16.1. The summed E-state index contributed by atoms with van der Waals surface area (Å²) < 4.78 is 27.2. The molecule has 0 heterocycles. The lowest BCUT2D eigenvalue weighted by Crippen LogP contribution is -2.38. The fourth-order valence-electron chi connectivity index (χ4n) is 0.947. The van der Waals surface area contributed by atoms with Crippen molar-refractivity contribution < 1.29 is 23.4 Å². The number of ether oxygens (including phenoxy) is 1. The molecule has 0 rings (SSSR count). The molecule has 0 aromatic heterocycles. The van der Waals surface area contributed by atoms with Gasteiger partial charge in [-0.3, -0.25) is 0 Å². The molecule has 0 saturated carbocycles. The molecule has 0 N–H and O–H groups in total. The Morgan fingerprint density at radius 2 is 2.08 bits per heavy atom. The Morgan fingerprint density at radius 1 is 1.58 bits per heavy atom. The van der Waals surface area contributed by atoms with Crippen LogP contribution in [0.4, 0.5) is 8.78 Å². The number of aliphatic carboxylic acids is 1. The van der Waals surface area contributed by atoms with Gasteiger partial charge in [-0.1, -0.05) is 6.92 Å². The molecule has 0 aliphatic rings. The number of hydrogen-bond acceptors (Lipinski definition) is 3. The number of hydrogen-bond donors (Lipinski definition) is 0. The Bertz CT molecular complexity index is 150. The van der Waals surface area contributed by atoms with Gasteiger partial charge in [-0.05, 0) is 13.3 Å². The van der Waals surface area contributed by atoms with Gasteiger partial charge >= 0.3 is 6.61 Å². The molecule has 0 bridgehead atoms. The van der Waals surface area contributed by atoms with Crippen molar-refractivity contribution >= 4 is 5.97 Å². The van der Waals surface area contributed by atoms with E-state index in [4.69, 9.17) is 0 Å². The van der Waals surface area contributed by atoms with Gasteiger partial charge in [0.1, 0.15) is 0 Å². The quantitative estimate of drug-likeness (QED) is 0.616. The largest absolute Gasteiger partial charge is 0.550 e. The predicted octanol–water partition coefficient (Wildman–Crippen LogP) is 0.390. The average molecular weight is 181 g/mol. The summed E-state index contributed by atoms with van der Waals surface area (Å²) >= 11 is 0. The number of halogens is 2. The van der Waals surface area contributed by atoms with E-state index < -0.39 is 24.6 Å². The highest BCUT2D eigenvalue weighted by atomic mass is 19.3. The van der Waals surface area contributed by atoms with E-state index in [1.54, 1.807) is 6.92 Å². The Morgan fingerprint density at radius 3 is 2.33 bits per heavy atom. The van der Waals surface area contributed by atoms with Crippen molar-refractivity contribution in [3.05, 3.63) is 0 Å².